The van der Waals surface area contributed by atoms with Crippen LogP contribution >= 0.6 is 0 Å². The van der Waals surface area contributed by atoms with E-state index in [1.807, 2.05) is 0 Å². The molecule has 0 bridgehead atoms. The van der Waals surface area contributed by atoms with E-state index in [0.717, 1.165) is 19.3 Å². The summed E-state index contributed by atoms with van der Waals surface area (Å²) in [5.74, 6) is 0.339. The molecule has 12 nitrogen and oxygen atoms in total. The molecule has 0 radical (unpaired) electrons. The Hall–Kier alpha value is -1.00. The van der Waals surface area contributed by atoms with Gasteiger partial charge in [-0.3, -0.25) is 0 Å². The van der Waals surface area contributed by atoms with E-state index in [9.17, 15) is 40.9 Å². The van der Waals surface area contributed by atoms with E-state index >= 15 is 0 Å². The van der Waals surface area contributed by atoms with Crippen molar-refractivity contribution in [3.05, 3.63) is 23.3 Å². The summed E-state index contributed by atoms with van der Waals surface area (Å²) in [6.45, 7) is 20.7. The minimum atomic E-state index is -1.69. The summed E-state index contributed by atoms with van der Waals surface area (Å²) in [7, 11) is 0. The Morgan fingerprint density at radius 3 is 2.02 bits per heavy atom. The molecule has 4 aliphatic carbocycles. The Morgan fingerprint density at radius 1 is 0.727 bits per heavy atom. The van der Waals surface area contributed by atoms with Gasteiger partial charge in [0, 0.05) is 5.41 Å². The average Bonchev–Trinajstić information content (AvgIpc) is 3.50. The summed E-state index contributed by atoms with van der Waals surface area (Å²) >= 11 is 0. The highest BCUT2D eigenvalue weighted by Crippen LogP contribution is 2.79. The van der Waals surface area contributed by atoms with E-state index < -0.39 is 103 Å². The second-order valence-corrected chi connectivity index (χ2v) is 20.0. The lowest BCUT2D eigenvalue weighted by Crippen LogP contribution is -2.75. The minimum Gasteiger partial charge on any atom is -0.394 e. The summed E-state index contributed by atoms with van der Waals surface area (Å²) in [5.41, 5.74) is 0.114. The van der Waals surface area contributed by atoms with Gasteiger partial charge in [0.15, 0.2) is 12.6 Å². The lowest BCUT2D eigenvalue weighted by Gasteiger charge is -2.76. The molecule has 6 rings (SSSR count). The third kappa shape index (κ3) is 6.56. The maximum Gasteiger partial charge on any atom is 0.187 e. The third-order valence-electron chi connectivity index (χ3n) is 17.2. The predicted octanol–water partition coefficient (Wildman–Crippen LogP) is 3.34. The van der Waals surface area contributed by atoms with E-state index in [1.54, 1.807) is 0 Å². The predicted molar refractivity (Wildman–Crippen MR) is 204 cm³/mol. The van der Waals surface area contributed by atoms with Gasteiger partial charge in [0.05, 0.1) is 31.0 Å². The van der Waals surface area contributed by atoms with E-state index in [0.29, 0.717) is 25.7 Å². The fourth-order valence-electron chi connectivity index (χ4n) is 13.1. The Kier molecular flexibility index (Phi) is 12.1. The number of hydrogen-bond acceptors (Lipinski definition) is 12. The average molecular weight is 781 g/mol. The maximum atomic E-state index is 12.3. The van der Waals surface area contributed by atoms with Crippen LogP contribution in [0.3, 0.4) is 0 Å². The van der Waals surface area contributed by atoms with Crippen molar-refractivity contribution in [2.75, 3.05) is 6.61 Å². The minimum absolute atomic E-state index is 0.0268. The zero-order valence-electron chi connectivity index (χ0n) is 34.8. The number of allylic oxidation sites excluding steroid dienone is 4. The van der Waals surface area contributed by atoms with E-state index in [-0.39, 0.29) is 28.6 Å². The molecule has 6 aliphatic rings. The van der Waals surface area contributed by atoms with Crippen molar-refractivity contribution in [2.24, 2.45) is 44.8 Å². The molecule has 316 valence electrons. The van der Waals surface area contributed by atoms with Crippen LogP contribution in [0.15, 0.2) is 23.3 Å². The number of fused-ring (bicyclic) bond motifs is 5. The number of aliphatic hydroxyl groups is 8. The molecule has 2 aliphatic heterocycles. The topological polar surface area (TPSA) is 199 Å². The van der Waals surface area contributed by atoms with Crippen LogP contribution in [0.1, 0.15) is 114 Å². The summed E-state index contributed by atoms with van der Waals surface area (Å²) in [5, 5.41) is 88.7. The van der Waals surface area contributed by atoms with E-state index in [1.165, 1.54) is 18.1 Å². The van der Waals surface area contributed by atoms with Crippen LogP contribution in [0.4, 0.5) is 0 Å². The molecule has 8 N–H and O–H groups in total. The molecular weight excluding hydrogens is 708 g/mol. The van der Waals surface area contributed by atoms with Gasteiger partial charge >= 0.3 is 0 Å². The molecule has 6 fully saturated rings. The molecule has 55 heavy (non-hydrogen) atoms. The van der Waals surface area contributed by atoms with Crippen molar-refractivity contribution < 1.29 is 59.8 Å². The zero-order valence-corrected chi connectivity index (χ0v) is 34.8. The normalized spacial score (nSPS) is 53.9. The van der Waals surface area contributed by atoms with Gasteiger partial charge in [0.1, 0.15) is 42.7 Å². The maximum absolute atomic E-state index is 12.3. The molecule has 2 heterocycles. The van der Waals surface area contributed by atoms with Gasteiger partial charge in [-0.25, -0.2) is 0 Å². The number of ether oxygens (including phenoxy) is 4. The van der Waals surface area contributed by atoms with Crippen LogP contribution in [0.25, 0.3) is 0 Å². The lowest BCUT2D eigenvalue weighted by molar-refractivity contribution is -0.392. The molecule has 0 spiro atoms. The first kappa shape index (κ1) is 43.6. The molecule has 20 atom stereocenters. The largest absolute Gasteiger partial charge is 0.394 e. The number of hydrogen-bond donors (Lipinski definition) is 8. The Morgan fingerprint density at radius 2 is 1.38 bits per heavy atom. The first-order valence-corrected chi connectivity index (χ1v) is 20.8. The first-order valence-electron chi connectivity index (χ1n) is 20.8. The second-order valence-electron chi connectivity index (χ2n) is 20.0. The highest BCUT2D eigenvalue weighted by Gasteiger charge is 2.76. The van der Waals surface area contributed by atoms with Crippen molar-refractivity contribution >= 4 is 0 Å². The van der Waals surface area contributed by atoms with Crippen LogP contribution in [-0.4, -0.2) is 127 Å². The molecule has 0 amide bonds. The fraction of sp³-hybridized carbons (Fsp3) is 0.907. The van der Waals surface area contributed by atoms with Gasteiger partial charge in [0.2, 0.25) is 0 Å². The third-order valence-corrected chi connectivity index (χ3v) is 17.2. The van der Waals surface area contributed by atoms with Crippen molar-refractivity contribution in [3.8, 4) is 0 Å². The van der Waals surface area contributed by atoms with Gasteiger partial charge in [-0.2, -0.15) is 0 Å². The molecule has 20 unspecified atom stereocenters. The van der Waals surface area contributed by atoms with Crippen LogP contribution in [0.5, 0.6) is 0 Å². The van der Waals surface area contributed by atoms with E-state index in [4.69, 9.17) is 18.9 Å². The molecule has 4 saturated carbocycles. The highest BCUT2D eigenvalue weighted by molar-refractivity contribution is 5.26. The zero-order chi connectivity index (χ0) is 40.8. The van der Waals surface area contributed by atoms with Gasteiger partial charge < -0.3 is 59.8 Å². The fourth-order valence-corrected chi connectivity index (χ4v) is 13.1. The molecule has 12 heteroatoms. The van der Waals surface area contributed by atoms with Crippen molar-refractivity contribution in [1.29, 1.82) is 0 Å². The SMILES string of the molecule is CC(C)=CCC=C(C)C1CCC2(C)C1C(O)CC1C2(C)CC(OC2OC(CO)C(O)C(O)C2OC2OC(C)C(O)C(O)C2O)C2(C)C(C)(C)C(O)CCC12C. The first-order chi connectivity index (χ1) is 25.5. The van der Waals surface area contributed by atoms with Gasteiger partial charge in [0.25, 0.3) is 0 Å². The summed E-state index contributed by atoms with van der Waals surface area (Å²) in [6, 6.07) is 0. The summed E-state index contributed by atoms with van der Waals surface area (Å²) in [4.78, 5) is 0. The smallest absolute Gasteiger partial charge is 0.187 e. The second kappa shape index (κ2) is 15.2. The summed E-state index contributed by atoms with van der Waals surface area (Å²) < 4.78 is 25.4. The van der Waals surface area contributed by atoms with Gasteiger partial charge in [-0.15, -0.1) is 0 Å². The van der Waals surface area contributed by atoms with Crippen LogP contribution in [0.2, 0.25) is 0 Å². The van der Waals surface area contributed by atoms with Crippen LogP contribution in [-0.2, 0) is 18.9 Å². The van der Waals surface area contributed by atoms with Gasteiger partial charge in [-0.05, 0) is 112 Å². The van der Waals surface area contributed by atoms with Crippen LogP contribution in [0, 0.1) is 44.8 Å². The molecule has 0 aromatic rings. The number of aliphatic hydroxyl groups excluding tert-OH is 8. The quantitative estimate of drug-likeness (QED) is 0.132. The molecule has 2 saturated heterocycles. The Labute approximate surface area is 327 Å². The van der Waals surface area contributed by atoms with Gasteiger partial charge in [-0.1, -0.05) is 64.8 Å². The molecular formula is C43H72O12. The standard InChI is InChI=1S/C43H72O12/c1-21(2)12-11-13-22(3)24-14-16-41(8)30(24)25(45)18-27-40(7)17-15-28(46)39(5,6)43(40,10)29(19-42(27,41)9)54-38-36(34(50)32(48)26(20-44)53-38)55-37-35(51)33(49)31(47)23(4)52-37/h12-13,23-38,44-51H,11,14-20H2,1-10H3. The van der Waals surface area contributed by atoms with Crippen molar-refractivity contribution in [1.82, 2.24) is 0 Å². The molecule has 0 aromatic carbocycles. The molecule has 0 aromatic heterocycles. The lowest BCUT2D eigenvalue weighted by atomic mass is 9.30. The Bertz CT molecular complexity index is 1450. The highest BCUT2D eigenvalue weighted by atomic mass is 16.8. The Balaban J connectivity index is 1.42. The van der Waals surface area contributed by atoms with Crippen molar-refractivity contribution in [2.45, 2.75) is 194 Å². The van der Waals surface area contributed by atoms with Crippen molar-refractivity contribution in [3.63, 3.8) is 0 Å². The monoisotopic (exact) mass is 781 g/mol. The van der Waals surface area contributed by atoms with Crippen LogP contribution < -0.4 is 0 Å². The van der Waals surface area contributed by atoms with E-state index in [2.05, 4.69) is 74.5 Å². The summed E-state index contributed by atoms with van der Waals surface area (Å²) in [6.07, 6.45) is -6.34. The number of rotatable bonds is 8.